The average molecular weight is 248 g/mol. The summed E-state index contributed by atoms with van der Waals surface area (Å²) in [5.41, 5.74) is 3.06. The quantitative estimate of drug-likeness (QED) is 0.848. The summed E-state index contributed by atoms with van der Waals surface area (Å²) in [5, 5.41) is 3.44. The summed E-state index contributed by atoms with van der Waals surface area (Å²) < 4.78 is 0. The summed E-state index contributed by atoms with van der Waals surface area (Å²) in [6.07, 6.45) is 6.29. The fourth-order valence-electron chi connectivity index (χ4n) is 2.77. The SMILES string of the molecule is CNC(CC(C)CC(C)(C)C)c1cnccc1C. The molecule has 2 heteroatoms. The summed E-state index contributed by atoms with van der Waals surface area (Å²) in [4.78, 5) is 4.26. The van der Waals surface area contributed by atoms with E-state index in [9.17, 15) is 0 Å². The third-order valence-electron chi connectivity index (χ3n) is 3.40. The maximum Gasteiger partial charge on any atom is 0.0338 e. The van der Waals surface area contributed by atoms with Crippen LogP contribution in [0.5, 0.6) is 0 Å². The van der Waals surface area contributed by atoms with E-state index in [4.69, 9.17) is 0 Å². The maximum atomic E-state index is 4.26. The molecule has 102 valence electrons. The van der Waals surface area contributed by atoms with E-state index in [0.29, 0.717) is 17.4 Å². The first-order valence-corrected chi connectivity index (χ1v) is 6.91. The van der Waals surface area contributed by atoms with Crippen molar-refractivity contribution in [3.05, 3.63) is 29.6 Å². The highest BCUT2D eigenvalue weighted by Gasteiger charge is 2.20. The maximum absolute atomic E-state index is 4.26. The molecule has 1 rings (SSSR count). The van der Waals surface area contributed by atoms with Crippen molar-refractivity contribution in [3.8, 4) is 0 Å². The van der Waals surface area contributed by atoms with Crippen LogP contribution in [0.1, 0.15) is 57.7 Å². The van der Waals surface area contributed by atoms with E-state index >= 15 is 0 Å². The molecule has 1 N–H and O–H groups in total. The second-order valence-corrected chi connectivity index (χ2v) is 6.68. The van der Waals surface area contributed by atoms with Gasteiger partial charge in [0.1, 0.15) is 0 Å². The molecule has 18 heavy (non-hydrogen) atoms. The lowest BCUT2D eigenvalue weighted by molar-refractivity contribution is 0.278. The number of hydrogen-bond acceptors (Lipinski definition) is 2. The lowest BCUT2D eigenvalue weighted by Crippen LogP contribution is -2.22. The van der Waals surface area contributed by atoms with Crippen molar-refractivity contribution < 1.29 is 0 Å². The smallest absolute Gasteiger partial charge is 0.0338 e. The van der Waals surface area contributed by atoms with Crippen LogP contribution in [0.15, 0.2) is 18.5 Å². The highest BCUT2D eigenvalue weighted by Crippen LogP contribution is 2.30. The van der Waals surface area contributed by atoms with Gasteiger partial charge in [0.05, 0.1) is 0 Å². The number of hydrogen-bond donors (Lipinski definition) is 1. The van der Waals surface area contributed by atoms with Crippen molar-refractivity contribution in [2.45, 2.75) is 53.5 Å². The van der Waals surface area contributed by atoms with Gasteiger partial charge in [-0.15, -0.1) is 0 Å². The topological polar surface area (TPSA) is 24.9 Å². The lowest BCUT2D eigenvalue weighted by atomic mass is 9.82. The molecule has 0 radical (unpaired) electrons. The van der Waals surface area contributed by atoms with Crippen molar-refractivity contribution in [1.82, 2.24) is 10.3 Å². The Balaban J connectivity index is 2.71. The van der Waals surface area contributed by atoms with Crippen LogP contribution in [0.25, 0.3) is 0 Å². The summed E-state index contributed by atoms with van der Waals surface area (Å²) in [6, 6.07) is 2.50. The lowest BCUT2D eigenvalue weighted by Gasteiger charge is -2.27. The van der Waals surface area contributed by atoms with Crippen LogP contribution in [0.3, 0.4) is 0 Å². The van der Waals surface area contributed by atoms with Crippen LogP contribution in [0.4, 0.5) is 0 Å². The molecule has 1 aromatic heterocycles. The summed E-state index contributed by atoms with van der Waals surface area (Å²) in [7, 11) is 2.04. The van der Waals surface area contributed by atoms with Crippen molar-refractivity contribution in [1.29, 1.82) is 0 Å². The highest BCUT2D eigenvalue weighted by atomic mass is 14.9. The zero-order valence-corrected chi connectivity index (χ0v) is 12.7. The number of nitrogens with zero attached hydrogens (tertiary/aromatic N) is 1. The van der Waals surface area contributed by atoms with E-state index in [-0.39, 0.29) is 0 Å². The zero-order valence-electron chi connectivity index (χ0n) is 12.7. The average Bonchev–Trinajstić information content (AvgIpc) is 2.24. The van der Waals surface area contributed by atoms with Crippen LogP contribution in [0, 0.1) is 18.3 Å². The Morgan fingerprint density at radius 2 is 2.00 bits per heavy atom. The molecule has 0 aliphatic rings. The second kappa shape index (κ2) is 6.33. The molecular weight excluding hydrogens is 220 g/mol. The van der Waals surface area contributed by atoms with Crippen LogP contribution in [-0.2, 0) is 0 Å². The third-order valence-corrected chi connectivity index (χ3v) is 3.40. The monoisotopic (exact) mass is 248 g/mol. The zero-order chi connectivity index (χ0) is 13.8. The van der Waals surface area contributed by atoms with Gasteiger partial charge in [0.2, 0.25) is 0 Å². The van der Waals surface area contributed by atoms with E-state index in [1.807, 2.05) is 19.4 Å². The Kier molecular flexibility index (Phi) is 5.33. The predicted octanol–water partition coefficient (Wildman–Crippen LogP) is 4.11. The Labute approximate surface area is 112 Å². The molecular formula is C16H28N2. The highest BCUT2D eigenvalue weighted by molar-refractivity contribution is 5.25. The first kappa shape index (κ1) is 15.2. The Bertz CT molecular complexity index is 366. The van der Waals surface area contributed by atoms with Crippen LogP contribution >= 0.6 is 0 Å². The molecule has 0 saturated heterocycles. The molecule has 0 bridgehead atoms. The number of nitrogens with one attached hydrogen (secondary N) is 1. The first-order chi connectivity index (χ1) is 8.33. The van der Waals surface area contributed by atoms with E-state index < -0.39 is 0 Å². The molecule has 2 atom stereocenters. The molecule has 1 aromatic rings. The normalized spacial score (nSPS) is 15.4. The number of aromatic nitrogens is 1. The fourth-order valence-corrected chi connectivity index (χ4v) is 2.77. The van der Waals surface area contributed by atoms with Crippen molar-refractivity contribution in [3.63, 3.8) is 0 Å². The van der Waals surface area contributed by atoms with Gasteiger partial charge in [-0.05, 0) is 55.3 Å². The Morgan fingerprint density at radius 1 is 1.33 bits per heavy atom. The molecule has 0 aromatic carbocycles. The molecule has 0 amide bonds. The van der Waals surface area contributed by atoms with E-state index in [1.165, 1.54) is 24.0 Å². The van der Waals surface area contributed by atoms with Crippen molar-refractivity contribution >= 4 is 0 Å². The van der Waals surface area contributed by atoms with Crippen LogP contribution < -0.4 is 5.32 Å². The van der Waals surface area contributed by atoms with Gasteiger partial charge in [0.25, 0.3) is 0 Å². The first-order valence-electron chi connectivity index (χ1n) is 6.91. The van der Waals surface area contributed by atoms with Gasteiger partial charge in [-0.2, -0.15) is 0 Å². The molecule has 0 aliphatic carbocycles. The van der Waals surface area contributed by atoms with Crippen LogP contribution in [0.2, 0.25) is 0 Å². The largest absolute Gasteiger partial charge is 0.313 e. The molecule has 2 unspecified atom stereocenters. The van der Waals surface area contributed by atoms with Crippen LogP contribution in [-0.4, -0.2) is 12.0 Å². The minimum Gasteiger partial charge on any atom is -0.313 e. The number of aryl methyl sites for hydroxylation is 1. The standard InChI is InChI=1S/C16H28N2/c1-12(10-16(3,4)5)9-15(17-6)14-11-18-8-7-13(14)2/h7-8,11-12,15,17H,9-10H2,1-6H3. The number of rotatable bonds is 5. The van der Waals surface area contributed by atoms with Crippen molar-refractivity contribution in [2.75, 3.05) is 7.05 Å². The number of pyridine rings is 1. The minimum absolute atomic E-state index is 0.404. The molecule has 0 saturated carbocycles. The van der Waals surface area contributed by atoms with Gasteiger partial charge in [0.15, 0.2) is 0 Å². The van der Waals surface area contributed by atoms with Gasteiger partial charge in [-0.3, -0.25) is 4.98 Å². The van der Waals surface area contributed by atoms with Gasteiger partial charge >= 0.3 is 0 Å². The Morgan fingerprint density at radius 3 is 2.50 bits per heavy atom. The molecule has 0 fully saturated rings. The molecule has 0 spiro atoms. The summed E-state index contributed by atoms with van der Waals surface area (Å²) in [5.74, 6) is 0.710. The fraction of sp³-hybridized carbons (Fsp3) is 0.688. The minimum atomic E-state index is 0.404. The second-order valence-electron chi connectivity index (χ2n) is 6.68. The van der Waals surface area contributed by atoms with Gasteiger partial charge < -0.3 is 5.32 Å². The van der Waals surface area contributed by atoms with Gasteiger partial charge in [0, 0.05) is 18.4 Å². The van der Waals surface area contributed by atoms with E-state index in [2.05, 4.69) is 51.0 Å². The Hall–Kier alpha value is -0.890. The molecule has 2 nitrogen and oxygen atoms in total. The van der Waals surface area contributed by atoms with E-state index in [1.54, 1.807) is 0 Å². The van der Waals surface area contributed by atoms with Gasteiger partial charge in [-0.1, -0.05) is 27.7 Å². The molecule has 0 aliphatic heterocycles. The van der Waals surface area contributed by atoms with Crippen molar-refractivity contribution in [2.24, 2.45) is 11.3 Å². The molecule has 1 heterocycles. The van der Waals surface area contributed by atoms with Gasteiger partial charge in [-0.25, -0.2) is 0 Å². The van der Waals surface area contributed by atoms with E-state index in [0.717, 1.165) is 0 Å². The third kappa shape index (κ3) is 4.77. The predicted molar refractivity (Wildman–Crippen MR) is 78.6 cm³/mol. The summed E-state index contributed by atoms with van der Waals surface area (Å²) >= 11 is 0. The summed E-state index contributed by atoms with van der Waals surface area (Å²) in [6.45, 7) is 11.4.